The second-order valence-corrected chi connectivity index (χ2v) is 4.93. The quantitative estimate of drug-likeness (QED) is 0.587. The maximum Gasteiger partial charge on any atom is 0.132 e. The summed E-state index contributed by atoms with van der Waals surface area (Å²) < 4.78 is 14.0. The molecule has 1 N–H and O–H groups in total. The summed E-state index contributed by atoms with van der Waals surface area (Å²) in [5.74, 6) is -0.312. The average Bonchev–Trinajstić information content (AvgIpc) is 2.98. The smallest absolute Gasteiger partial charge is 0.132 e. The molecule has 0 saturated carbocycles. The number of aliphatic imine (C=N–C) groups is 2. The monoisotopic (exact) mass is 307 g/mol. The van der Waals surface area contributed by atoms with E-state index >= 15 is 0 Å². The first-order valence-corrected chi connectivity index (χ1v) is 6.94. The third-order valence-electron chi connectivity index (χ3n) is 3.40. The van der Waals surface area contributed by atoms with E-state index in [-0.39, 0.29) is 5.82 Å². The molecule has 0 radical (unpaired) electrons. The van der Waals surface area contributed by atoms with Crippen LogP contribution in [0.5, 0.6) is 0 Å². The van der Waals surface area contributed by atoms with E-state index < -0.39 is 0 Å². The summed E-state index contributed by atoms with van der Waals surface area (Å²) in [5.41, 5.74) is 3.35. The Morgan fingerprint density at radius 1 is 1.35 bits per heavy atom. The predicted molar refractivity (Wildman–Crippen MR) is 91.0 cm³/mol. The molecule has 0 aliphatic heterocycles. The fourth-order valence-corrected chi connectivity index (χ4v) is 2.25. The Morgan fingerprint density at radius 2 is 2.17 bits per heavy atom. The van der Waals surface area contributed by atoms with E-state index in [9.17, 15) is 4.39 Å². The van der Waals surface area contributed by atoms with Crippen molar-refractivity contribution >= 4 is 29.5 Å². The van der Waals surface area contributed by atoms with E-state index in [1.165, 1.54) is 12.4 Å². The predicted octanol–water partition coefficient (Wildman–Crippen LogP) is 3.85. The van der Waals surface area contributed by atoms with Crippen molar-refractivity contribution in [3.05, 3.63) is 54.2 Å². The van der Waals surface area contributed by atoms with Gasteiger partial charge in [-0.05, 0) is 37.4 Å². The van der Waals surface area contributed by atoms with Crippen LogP contribution in [0, 0.1) is 5.82 Å². The lowest BCUT2D eigenvalue weighted by Gasteiger charge is -2.02. The van der Waals surface area contributed by atoms with Gasteiger partial charge in [0.25, 0.3) is 0 Å². The van der Waals surface area contributed by atoms with Gasteiger partial charge in [0.2, 0.25) is 0 Å². The molecule has 0 aliphatic carbocycles. The Morgan fingerprint density at radius 3 is 2.96 bits per heavy atom. The normalized spacial score (nSPS) is 12.2. The fraction of sp³-hybridized carbons (Fsp3) is 0.0588. The minimum atomic E-state index is -0.312. The molecule has 0 saturated heterocycles. The zero-order valence-corrected chi connectivity index (χ0v) is 12.5. The molecule has 0 aliphatic rings. The first-order valence-electron chi connectivity index (χ1n) is 6.94. The summed E-state index contributed by atoms with van der Waals surface area (Å²) in [7, 11) is 0. The summed E-state index contributed by atoms with van der Waals surface area (Å²) in [4.78, 5) is 11.9. The van der Waals surface area contributed by atoms with Crippen LogP contribution in [0.2, 0.25) is 0 Å². The Hall–Kier alpha value is -3.15. The van der Waals surface area contributed by atoms with Gasteiger partial charge < -0.3 is 0 Å². The second-order valence-electron chi connectivity index (χ2n) is 4.93. The minimum Gasteiger partial charge on any atom is -0.276 e. The van der Waals surface area contributed by atoms with Gasteiger partial charge in [-0.15, -0.1) is 0 Å². The van der Waals surface area contributed by atoms with E-state index in [1.54, 1.807) is 30.6 Å². The lowest BCUT2D eigenvalue weighted by molar-refractivity contribution is 0.631. The number of H-pyrrole nitrogens is 1. The van der Waals surface area contributed by atoms with Gasteiger partial charge in [-0.25, -0.2) is 9.38 Å². The Labute approximate surface area is 132 Å². The van der Waals surface area contributed by atoms with Crippen molar-refractivity contribution in [2.24, 2.45) is 9.98 Å². The van der Waals surface area contributed by atoms with Crippen molar-refractivity contribution in [3.8, 4) is 11.3 Å². The van der Waals surface area contributed by atoms with E-state index in [2.05, 4.69) is 31.9 Å². The highest BCUT2D eigenvalue weighted by atomic mass is 19.1. The van der Waals surface area contributed by atoms with E-state index in [1.807, 2.05) is 13.0 Å². The van der Waals surface area contributed by atoms with Gasteiger partial charge in [0, 0.05) is 17.1 Å². The zero-order valence-electron chi connectivity index (χ0n) is 12.5. The molecular formula is C17H14FN5. The Bertz CT molecular complexity index is 924. The molecule has 0 spiro atoms. The average molecular weight is 307 g/mol. The number of aromatic amines is 1. The number of aromatic nitrogens is 3. The SMILES string of the molecule is C=NC=N/C=C(\C)c1cc2c(-c3ccccc3F)n[nH]c2cn1. The molecular weight excluding hydrogens is 293 g/mol. The molecule has 23 heavy (non-hydrogen) atoms. The van der Waals surface area contributed by atoms with Crippen molar-refractivity contribution in [3.63, 3.8) is 0 Å². The summed E-state index contributed by atoms with van der Waals surface area (Å²) in [6.07, 6.45) is 4.67. The van der Waals surface area contributed by atoms with Crippen LogP contribution in [0.1, 0.15) is 12.6 Å². The van der Waals surface area contributed by atoms with Crippen LogP contribution < -0.4 is 0 Å². The summed E-state index contributed by atoms with van der Waals surface area (Å²) in [5, 5.41) is 7.91. The number of fused-ring (bicyclic) bond motifs is 1. The van der Waals surface area contributed by atoms with Gasteiger partial charge in [0.1, 0.15) is 17.8 Å². The van der Waals surface area contributed by atoms with Crippen molar-refractivity contribution in [2.45, 2.75) is 6.92 Å². The standard InChI is InChI=1S/C17H14FN5/c1-11(8-20-10-19-2)15-7-13-16(9-21-15)22-23-17(13)12-5-3-4-6-14(12)18/h3-10H,2H2,1H3,(H,22,23)/b11-8+,20-10?. The van der Waals surface area contributed by atoms with Crippen LogP contribution in [0.25, 0.3) is 27.7 Å². The molecule has 0 bridgehead atoms. The maximum atomic E-state index is 14.0. The van der Waals surface area contributed by atoms with Crippen molar-refractivity contribution in [2.75, 3.05) is 0 Å². The number of benzene rings is 1. The molecule has 0 amide bonds. The highest BCUT2D eigenvalue weighted by molar-refractivity contribution is 5.94. The number of rotatable bonds is 4. The molecule has 0 atom stereocenters. The summed E-state index contributed by atoms with van der Waals surface area (Å²) in [6.45, 7) is 5.21. The molecule has 0 fully saturated rings. The van der Waals surface area contributed by atoms with Gasteiger partial charge in [-0.1, -0.05) is 12.1 Å². The van der Waals surface area contributed by atoms with Gasteiger partial charge in [-0.2, -0.15) is 5.10 Å². The third-order valence-corrected chi connectivity index (χ3v) is 3.40. The van der Waals surface area contributed by atoms with Crippen LogP contribution in [0.3, 0.4) is 0 Å². The molecule has 2 heterocycles. The van der Waals surface area contributed by atoms with Crippen LogP contribution in [-0.4, -0.2) is 28.2 Å². The third kappa shape index (κ3) is 2.91. The number of nitrogens with one attached hydrogen (secondary N) is 1. The lowest BCUT2D eigenvalue weighted by atomic mass is 10.1. The number of nitrogens with zero attached hydrogens (tertiary/aromatic N) is 4. The van der Waals surface area contributed by atoms with Crippen LogP contribution in [-0.2, 0) is 0 Å². The largest absolute Gasteiger partial charge is 0.276 e. The maximum absolute atomic E-state index is 14.0. The van der Waals surface area contributed by atoms with Crippen molar-refractivity contribution < 1.29 is 4.39 Å². The number of pyridine rings is 1. The minimum absolute atomic E-state index is 0.312. The van der Waals surface area contributed by atoms with Crippen molar-refractivity contribution in [1.82, 2.24) is 15.2 Å². The lowest BCUT2D eigenvalue weighted by Crippen LogP contribution is -1.87. The van der Waals surface area contributed by atoms with Crippen LogP contribution in [0.15, 0.2) is 52.7 Å². The molecule has 3 rings (SSSR count). The number of halogens is 1. The summed E-state index contributed by atoms with van der Waals surface area (Å²) >= 11 is 0. The fourth-order valence-electron chi connectivity index (χ4n) is 2.25. The molecule has 114 valence electrons. The first kappa shape index (κ1) is 14.8. The van der Waals surface area contributed by atoms with Crippen LogP contribution >= 0.6 is 0 Å². The summed E-state index contributed by atoms with van der Waals surface area (Å²) in [6, 6.07) is 8.42. The van der Waals surface area contributed by atoms with Crippen LogP contribution in [0.4, 0.5) is 4.39 Å². The topological polar surface area (TPSA) is 66.3 Å². The van der Waals surface area contributed by atoms with Gasteiger partial charge in [0.05, 0.1) is 17.4 Å². The van der Waals surface area contributed by atoms with E-state index in [0.717, 1.165) is 22.2 Å². The van der Waals surface area contributed by atoms with Gasteiger partial charge in [-0.3, -0.25) is 15.1 Å². The van der Waals surface area contributed by atoms with E-state index in [4.69, 9.17) is 0 Å². The molecule has 5 nitrogen and oxygen atoms in total. The van der Waals surface area contributed by atoms with Gasteiger partial charge in [0.15, 0.2) is 0 Å². The number of hydrogen-bond donors (Lipinski definition) is 1. The number of hydrogen-bond acceptors (Lipinski definition) is 3. The zero-order chi connectivity index (χ0) is 16.2. The molecule has 0 unspecified atom stereocenters. The van der Waals surface area contributed by atoms with Gasteiger partial charge >= 0.3 is 0 Å². The number of allylic oxidation sites excluding steroid dienone is 1. The molecule has 6 heteroatoms. The van der Waals surface area contributed by atoms with Crippen molar-refractivity contribution in [1.29, 1.82) is 0 Å². The highest BCUT2D eigenvalue weighted by Gasteiger charge is 2.13. The highest BCUT2D eigenvalue weighted by Crippen LogP contribution is 2.29. The molecule has 1 aromatic carbocycles. The Kier molecular flexibility index (Phi) is 4.05. The first-order chi connectivity index (χ1) is 11.2. The Balaban J connectivity index is 2.11. The second kappa shape index (κ2) is 6.31. The molecule has 2 aromatic heterocycles. The molecule has 3 aromatic rings. The van der Waals surface area contributed by atoms with E-state index in [0.29, 0.717) is 11.3 Å².